The third-order valence-corrected chi connectivity index (χ3v) is 7.87. The van der Waals surface area contributed by atoms with Gasteiger partial charge in [-0.05, 0) is 93.3 Å². The van der Waals surface area contributed by atoms with Crippen molar-refractivity contribution in [3.63, 3.8) is 0 Å². The molecule has 4 N–H and O–H groups in total. The van der Waals surface area contributed by atoms with Crippen molar-refractivity contribution in [3.8, 4) is 5.75 Å². The Kier molecular flexibility index (Phi) is 16.4. The molecule has 236 valence electrons. The summed E-state index contributed by atoms with van der Waals surface area (Å²) < 4.78 is 30.9. The van der Waals surface area contributed by atoms with Gasteiger partial charge in [-0.15, -0.1) is 17.0 Å². The number of carbonyl (C=O) groups is 1. The number of halogens is 1. The highest BCUT2D eigenvalue weighted by atomic mass is 79.9. The number of phenols is 1. The molecule has 11 heteroatoms. The van der Waals surface area contributed by atoms with Crippen LogP contribution in [0.3, 0.4) is 0 Å². The number of piperidine rings is 1. The Labute approximate surface area is 261 Å². The molecule has 1 heterocycles. The van der Waals surface area contributed by atoms with Crippen LogP contribution in [0.2, 0.25) is 0 Å². The first-order valence-electron chi connectivity index (χ1n) is 14.9. The van der Waals surface area contributed by atoms with Gasteiger partial charge in [-0.1, -0.05) is 31.0 Å². The van der Waals surface area contributed by atoms with E-state index in [1.165, 1.54) is 24.1 Å². The van der Waals surface area contributed by atoms with Crippen molar-refractivity contribution in [2.45, 2.75) is 70.3 Å². The molecule has 1 fully saturated rings. The average Bonchev–Trinajstić information content (AvgIpc) is 2.96. The fourth-order valence-electron chi connectivity index (χ4n) is 4.94. The van der Waals surface area contributed by atoms with Gasteiger partial charge in [0.1, 0.15) is 5.75 Å². The number of aliphatic hydroxyl groups is 1. The lowest BCUT2D eigenvalue weighted by atomic mass is 10.0. The first-order valence-corrected chi connectivity index (χ1v) is 16.8. The van der Waals surface area contributed by atoms with Gasteiger partial charge >= 0.3 is 0 Å². The first-order chi connectivity index (χ1) is 19.7. The average molecular weight is 671 g/mol. The molecular formula is C31H48BrN3O6S. The summed E-state index contributed by atoms with van der Waals surface area (Å²) in [4.78, 5) is 14.6. The lowest BCUT2D eigenvalue weighted by Crippen LogP contribution is -2.35. The second-order valence-electron chi connectivity index (χ2n) is 10.9. The van der Waals surface area contributed by atoms with E-state index in [1.54, 1.807) is 6.07 Å². The van der Waals surface area contributed by atoms with Gasteiger partial charge in [-0.25, -0.2) is 8.42 Å². The summed E-state index contributed by atoms with van der Waals surface area (Å²) in [6.45, 7) is 4.41. The number of nitrogens with one attached hydrogen (secondary N) is 2. The van der Waals surface area contributed by atoms with Gasteiger partial charge in [0.15, 0.2) is 0 Å². The number of ether oxygens (including phenoxy) is 1. The minimum absolute atomic E-state index is 0. The Morgan fingerprint density at radius 2 is 1.62 bits per heavy atom. The van der Waals surface area contributed by atoms with Gasteiger partial charge in [0.05, 0.1) is 18.0 Å². The zero-order chi connectivity index (χ0) is 29.5. The van der Waals surface area contributed by atoms with Gasteiger partial charge in [0.2, 0.25) is 10.0 Å². The summed E-state index contributed by atoms with van der Waals surface area (Å²) in [6.07, 6.45) is 10.9. The normalized spacial score (nSPS) is 14.3. The van der Waals surface area contributed by atoms with Gasteiger partial charge in [-0.3, -0.25) is 9.52 Å². The number of benzene rings is 2. The minimum atomic E-state index is -3.53. The molecule has 0 aromatic heterocycles. The van der Waals surface area contributed by atoms with Crippen LogP contribution >= 0.6 is 17.0 Å². The van der Waals surface area contributed by atoms with Gasteiger partial charge < -0.3 is 25.2 Å². The molecule has 2 aromatic rings. The fraction of sp³-hybridized carbons (Fsp3) is 0.581. The van der Waals surface area contributed by atoms with Gasteiger partial charge in [0.25, 0.3) is 5.91 Å². The molecule has 0 bridgehead atoms. The second kappa shape index (κ2) is 19.2. The van der Waals surface area contributed by atoms with Crippen LogP contribution in [0.5, 0.6) is 5.75 Å². The van der Waals surface area contributed by atoms with Crippen molar-refractivity contribution in [2.75, 3.05) is 50.4 Å². The Bertz CT molecular complexity index is 1170. The van der Waals surface area contributed by atoms with E-state index in [9.17, 15) is 23.4 Å². The number of sulfonamides is 1. The van der Waals surface area contributed by atoms with Crippen LogP contribution in [0.25, 0.3) is 0 Å². The molecule has 0 saturated carbocycles. The summed E-state index contributed by atoms with van der Waals surface area (Å²) >= 11 is 0. The number of carbonyl (C=O) groups excluding carboxylic acids is 1. The molecule has 1 unspecified atom stereocenters. The standard InChI is InChI=1S/C31H47N3O6S.BrH/c1-41(38,39)33-28-23-27(16-17-29(28)35)30(36)24-32-18-6-2-3-9-21-40-22-10-5-11-25-12-14-26(15-13-25)31(37)34-19-7-4-8-20-34;/h12-17,23,30,32-33,35-36H,2-11,18-22,24H2,1H3;1H. The number of likely N-dealkylation sites (tertiary alicyclic amines) is 1. The van der Waals surface area contributed by atoms with E-state index >= 15 is 0 Å². The Hall–Kier alpha value is -2.18. The molecule has 0 spiro atoms. The van der Waals surface area contributed by atoms with E-state index in [1.807, 2.05) is 17.0 Å². The van der Waals surface area contributed by atoms with Gasteiger partial charge in [-0.2, -0.15) is 0 Å². The number of aliphatic hydroxyl groups excluding tert-OH is 1. The summed E-state index contributed by atoms with van der Waals surface area (Å²) in [5.74, 6) is -0.0289. The Morgan fingerprint density at radius 3 is 2.31 bits per heavy atom. The summed E-state index contributed by atoms with van der Waals surface area (Å²) in [5, 5.41) is 23.4. The van der Waals surface area contributed by atoms with Crippen molar-refractivity contribution in [1.82, 2.24) is 10.2 Å². The maximum Gasteiger partial charge on any atom is 0.253 e. The number of aromatic hydroxyl groups is 1. The van der Waals surface area contributed by atoms with E-state index in [0.717, 1.165) is 102 Å². The number of rotatable bonds is 18. The highest BCUT2D eigenvalue weighted by Gasteiger charge is 2.18. The largest absolute Gasteiger partial charge is 0.506 e. The molecule has 0 aliphatic carbocycles. The van der Waals surface area contributed by atoms with Crippen LogP contribution < -0.4 is 10.0 Å². The molecule has 1 amide bonds. The summed E-state index contributed by atoms with van der Waals surface area (Å²) in [6, 6.07) is 12.5. The molecule has 42 heavy (non-hydrogen) atoms. The predicted molar refractivity (Wildman–Crippen MR) is 173 cm³/mol. The maximum absolute atomic E-state index is 12.6. The molecule has 1 atom stereocenters. The summed E-state index contributed by atoms with van der Waals surface area (Å²) in [5.41, 5.74) is 2.63. The van der Waals surface area contributed by atoms with Crippen molar-refractivity contribution < 1.29 is 28.2 Å². The number of aryl methyl sites for hydroxylation is 1. The van der Waals surface area contributed by atoms with Crippen LogP contribution in [0.4, 0.5) is 5.69 Å². The van der Waals surface area contributed by atoms with Crippen molar-refractivity contribution in [2.24, 2.45) is 0 Å². The molecule has 1 aliphatic rings. The molecular weight excluding hydrogens is 622 g/mol. The Balaban J connectivity index is 0.00000616. The second-order valence-corrected chi connectivity index (χ2v) is 12.7. The summed E-state index contributed by atoms with van der Waals surface area (Å²) in [7, 11) is -3.53. The number of nitrogens with zero attached hydrogens (tertiary/aromatic N) is 1. The van der Waals surface area contributed by atoms with Crippen LogP contribution in [0, 0.1) is 0 Å². The monoisotopic (exact) mass is 669 g/mol. The molecule has 0 radical (unpaired) electrons. The van der Waals surface area contributed by atoms with Gasteiger partial charge in [0, 0.05) is 38.4 Å². The van der Waals surface area contributed by atoms with Crippen LogP contribution in [-0.2, 0) is 21.2 Å². The molecule has 3 rings (SSSR count). The van der Waals surface area contributed by atoms with E-state index in [0.29, 0.717) is 12.1 Å². The first kappa shape index (κ1) is 36.0. The molecule has 1 aliphatic heterocycles. The van der Waals surface area contributed by atoms with Crippen LogP contribution in [0.15, 0.2) is 42.5 Å². The van der Waals surface area contributed by atoms with E-state index in [2.05, 4.69) is 22.2 Å². The zero-order valence-electron chi connectivity index (χ0n) is 24.7. The van der Waals surface area contributed by atoms with Crippen LogP contribution in [-0.4, -0.2) is 75.1 Å². The van der Waals surface area contributed by atoms with E-state index in [4.69, 9.17) is 4.74 Å². The fourth-order valence-corrected chi connectivity index (χ4v) is 5.50. The predicted octanol–water partition coefficient (Wildman–Crippen LogP) is 5.19. The minimum Gasteiger partial charge on any atom is -0.506 e. The van der Waals surface area contributed by atoms with Crippen molar-refractivity contribution >= 4 is 38.6 Å². The quantitative estimate of drug-likeness (QED) is 0.127. The molecule has 9 nitrogen and oxygen atoms in total. The number of amides is 1. The third kappa shape index (κ3) is 13.4. The molecule has 2 aromatic carbocycles. The third-order valence-electron chi connectivity index (χ3n) is 7.28. The maximum atomic E-state index is 12.6. The van der Waals surface area contributed by atoms with E-state index in [-0.39, 0.29) is 34.3 Å². The number of hydrogen-bond acceptors (Lipinski definition) is 7. The number of hydrogen-bond donors (Lipinski definition) is 4. The smallest absolute Gasteiger partial charge is 0.253 e. The topological polar surface area (TPSA) is 128 Å². The van der Waals surface area contributed by atoms with E-state index < -0.39 is 16.1 Å². The van der Waals surface area contributed by atoms with Crippen molar-refractivity contribution in [1.29, 1.82) is 0 Å². The number of unbranched alkanes of at least 4 members (excludes halogenated alkanes) is 4. The zero-order valence-corrected chi connectivity index (χ0v) is 27.3. The lowest BCUT2D eigenvalue weighted by Gasteiger charge is -2.26. The highest BCUT2D eigenvalue weighted by Crippen LogP contribution is 2.27. The number of phenolic OH excluding ortho intramolecular Hbond substituents is 1. The number of anilines is 1. The Morgan fingerprint density at radius 1 is 0.952 bits per heavy atom. The SMILES string of the molecule is Br.CS(=O)(=O)Nc1cc(C(O)CNCCCCCCOCCCCc2ccc(C(=O)N3CCCCC3)cc2)ccc1O. The molecule has 1 saturated heterocycles. The van der Waals surface area contributed by atoms with Crippen molar-refractivity contribution in [3.05, 3.63) is 59.2 Å². The highest BCUT2D eigenvalue weighted by molar-refractivity contribution is 8.93. The van der Waals surface area contributed by atoms with Crippen LogP contribution in [0.1, 0.15) is 85.4 Å². The lowest BCUT2D eigenvalue weighted by molar-refractivity contribution is 0.0724.